The number of fused-ring (bicyclic) bond motifs is 2. The number of ether oxygens (including phenoxy) is 2. The van der Waals surface area contributed by atoms with Gasteiger partial charge >= 0.3 is 0 Å². The molecule has 20 heavy (non-hydrogen) atoms. The smallest absolute Gasteiger partial charge is 0.189 e. The highest BCUT2D eigenvalue weighted by Gasteiger charge is 2.30. The van der Waals surface area contributed by atoms with E-state index in [1.165, 1.54) is 27.9 Å². The minimum Gasteiger partial charge on any atom is -0.469 e. The van der Waals surface area contributed by atoms with Crippen LogP contribution in [-0.4, -0.2) is 12.9 Å². The summed E-state index contributed by atoms with van der Waals surface area (Å²) in [5.41, 5.74) is 7.03. The van der Waals surface area contributed by atoms with Crippen molar-refractivity contribution in [3.05, 3.63) is 70.1 Å². The summed E-state index contributed by atoms with van der Waals surface area (Å²) in [7, 11) is 0. The number of rotatable bonds is 3. The molecule has 0 spiro atoms. The highest BCUT2D eigenvalue weighted by atomic mass is 16.7. The molecule has 102 valence electrons. The lowest BCUT2D eigenvalue weighted by Gasteiger charge is -2.17. The molecular formula is C18H18O2. The fourth-order valence-electron chi connectivity index (χ4n) is 3.29. The molecule has 0 aromatic carbocycles. The maximum atomic E-state index is 5.59. The second-order valence-corrected chi connectivity index (χ2v) is 5.69. The van der Waals surface area contributed by atoms with Gasteiger partial charge in [0.25, 0.3) is 0 Å². The van der Waals surface area contributed by atoms with E-state index in [4.69, 9.17) is 9.47 Å². The molecule has 3 aliphatic carbocycles. The third-order valence-electron chi connectivity index (χ3n) is 4.40. The SMILES string of the molecule is CC1=C(CCC2=CC=CC2)C2=CC3OCOC3=CC2=C1. The van der Waals surface area contributed by atoms with Crippen molar-refractivity contribution in [1.82, 2.24) is 0 Å². The van der Waals surface area contributed by atoms with E-state index in [9.17, 15) is 0 Å². The number of hydrogen-bond donors (Lipinski definition) is 0. The Hall–Kier alpha value is -1.80. The summed E-state index contributed by atoms with van der Waals surface area (Å²) in [6.45, 7) is 2.59. The van der Waals surface area contributed by atoms with Gasteiger partial charge in [-0.2, -0.15) is 0 Å². The lowest BCUT2D eigenvalue weighted by atomic mass is 9.91. The van der Waals surface area contributed by atoms with Gasteiger partial charge in [0, 0.05) is 0 Å². The summed E-state index contributed by atoms with van der Waals surface area (Å²) < 4.78 is 11.1. The van der Waals surface area contributed by atoms with Crippen molar-refractivity contribution in [3.63, 3.8) is 0 Å². The summed E-state index contributed by atoms with van der Waals surface area (Å²) in [6, 6.07) is 0. The molecule has 4 rings (SSSR count). The Morgan fingerprint density at radius 1 is 1.25 bits per heavy atom. The maximum absolute atomic E-state index is 5.59. The Bertz CT molecular complexity index is 638. The van der Waals surface area contributed by atoms with Crippen molar-refractivity contribution in [2.75, 3.05) is 6.79 Å². The van der Waals surface area contributed by atoms with E-state index in [0.29, 0.717) is 6.79 Å². The Balaban J connectivity index is 1.54. The number of allylic oxidation sites excluding steroid dienone is 10. The fraction of sp³-hybridized carbons (Fsp3) is 0.333. The number of hydrogen-bond acceptors (Lipinski definition) is 2. The van der Waals surface area contributed by atoms with Crippen molar-refractivity contribution >= 4 is 0 Å². The molecule has 0 bridgehead atoms. The van der Waals surface area contributed by atoms with Crippen molar-refractivity contribution in [1.29, 1.82) is 0 Å². The molecule has 4 aliphatic rings. The molecule has 0 radical (unpaired) electrons. The van der Waals surface area contributed by atoms with Gasteiger partial charge in [-0.1, -0.05) is 29.9 Å². The van der Waals surface area contributed by atoms with Crippen LogP contribution in [0.1, 0.15) is 26.2 Å². The highest BCUT2D eigenvalue weighted by Crippen LogP contribution is 2.41. The predicted molar refractivity (Wildman–Crippen MR) is 78.8 cm³/mol. The van der Waals surface area contributed by atoms with E-state index in [2.05, 4.69) is 43.4 Å². The quantitative estimate of drug-likeness (QED) is 0.765. The molecule has 2 nitrogen and oxygen atoms in total. The third-order valence-corrected chi connectivity index (χ3v) is 4.40. The first-order valence-electron chi connectivity index (χ1n) is 7.26. The molecule has 1 aliphatic heterocycles. The van der Waals surface area contributed by atoms with E-state index in [1.807, 2.05) is 0 Å². The lowest BCUT2D eigenvalue weighted by molar-refractivity contribution is 0.0629. The molecule has 0 amide bonds. The van der Waals surface area contributed by atoms with Gasteiger partial charge < -0.3 is 9.47 Å². The molecular weight excluding hydrogens is 248 g/mol. The Morgan fingerprint density at radius 2 is 2.20 bits per heavy atom. The van der Waals surface area contributed by atoms with E-state index in [0.717, 1.165) is 25.0 Å². The molecule has 2 heteroatoms. The Morgan fingerprint density at radius 3 is 3.05 bits per heavy atom. The van der Waals surface area contributed by atoms with Crippen LogP contribution in [0.5, 0.6) is 0 Å². The van der Waals surface area contributed by atoms with Gasteiger partial charge in [-0.3, -0.25) is 0 Å². The average Bonchev–Trinajstić information content (AvgIpc) is 3.13. The van der Waals surface area contributed by atoms with Gasteiger partial charge in [0.05, 0.1) is 0 Å². The zero-order valence-corrected chi connectivity index (χ0v) is 11.7. The zero-order chi connectivity index (χ0) is 13.5. The van der Waals surface area contributed by atoms with Crippen LogP contribution in [0.25, 0.3) is 0 Å². The molecule has 1 heterocycles. The van der Waals surface area contributed by atoms with Crippen LogP contribution in [-0.2, 0) is 9.47 Å². The molecule has 0 aromatic heterocycles. The summed E-state index contributed by atoms with van der Waals surface area (Å²) in [4.78, 5) is 0. The van der Waals surface area contributed by atoms with Gasteiger partial charge in [-0.25, -0.2) is 0 Å². The fourth-order valence-corrected chi connectivity index (χ4v) is 3.29. The van der Waals surface area contributed by atoms with Crippen molar-refractivity contribution in [2.45, 2.75) is 32.3 Å². The van der Waals surface area contributed by atoms with Crippen LogP contribution in [0.4, 0.5) is 0 Å². The topological polar surface area (TPSA) is 18.5 Å². The summed E-state index contributed by atoms with van der Waals surface area (Å²) in [6.07, 6.45) is 16.7. The van der Waals surface area contributed by atoms with Crippen LogP contribution in [0.3, 0.4) is 0 Å². The second kappa shape index (κ2) is 4.64. The van der Waals surface area contributed by atoms with Gasteiger partial charge in [-0.15, -0.1) is 0 Å². The van der Waals surface area contributed by atoms with E-state index in [-0.39, 0.29) is 6.10 Å². The third kappa shape index (κ3) is 1.92. The minimum atomic E-state index is 0.0235. The highest BCUT2D eigenvalue weighted by molar-refractivity contribution is 5.65. The van der Waals surface area contributed by atoms with Gasteiger partial charge in [0.1, 0.15) is 11.9 Å². The Labute approximate surface area is 119 Å². The Kier molecular flexibility index (Phi) is 2.78. The van der Waals surface area contributed by atoms with Gasteiger partial charge in [0.15, 0.2) is 6.79 Å². The maximum Gasteiger partial charge on any atom is 0.189 e. The molecule has 1 saturated heterocycles. The van der Waals surface area contributed by atoms with Crippen LogP contribution in [0.15, 0.2) is 70.1 Å². The van der Waals surface area contributed by atoms with Crippen molar-refractivity contribution in [3.8, 4) is 0 Å². The van der Waals surface area contributed by atoms with Crippen LogP contribution in [0.2, 0.25) is 0 Å². The lowest BCUT2D eigenvalue weighted by Crippen LogP contribution is -2.10. The minimum absolute atomic E-state index is 0.0235. The van der Waals surface area contributed by atoms with Crippen LogP contribution >= 0.6 is 0 Å². The first-order chi connectivity index (χ1) is 9.81. The molecule has 0 saturated carbocycles. The normalized spacial score (nSPS) is 26.8. The van der Waals surface area contributed by atoms with Crippen molar-refractivity contribution < 1.29 is 9.47 Å². The van der Waals surface area contributed by atoms with E-state index in [1.54, 1.807) is 0 Å². The van der Waals surface area contributed by atoms with Crippen molar-refractivity contribution in [2.24, 2.45) is 0 Å². The molecule has 0 aromatic rings. The van der Waals surface area contributed by atoms with Crippen LogP contribution in [0, 0.1) is 0 Å². The zero-order valence-electron chi connectivity index (χ0n) is 11.7. The van der Waals surface area contributed by atoms with Gasteiger partial charge in [-0.05, 0) is 60.6 Å². The standard InChI is InChI=1S/C18H18O2/c1-12-8-14-9-17-18(20-11-19-17)10-16(14)15(12)7-6-13-4-2-3-5-13/h2-4,8-10,18H,5-7,11H2,1H3. The first kappa shape index (κ1) is 12.0. The summed E-state index contributed by atoms with van der Waals surface area (Å²) in [5, 5.41) is 0. The average molecular weight is 266 g/mol. The molecule has 1 unspecified atom stereocenters. The summed E-state index contributed by atoms with van der Waals surface area (Å²) >= 11 is 0. The molecule has 1 atom stereocenters. The summed E-state index contributed by atoms with van der Waals surface area (Å²) in [5.74, 6) is 0.955. The van der Waals surface area contributed by atoms with Gasteiger partial charge in [0.2, 0.25) is 0 Å². The first-order valence-corrected chi connectivity index (χ1v) is 7.26. The second-order valence-electron chi connectivity index (χ2n) is 5.69. The predicted octanol–water partition coefficient (Wildman–Crippen LogP) is 4.11. The van der Waals surface area contributed by atoms with Crippen LogP contribution < -0.4 is 0 Å². The largest absolute Gasteiger partial charge is 0.469 e. The van der Waals surface area contributed by atoms with E-state index < -0.39 is 0 Å². The molecule has 0 N–H and O–H groups in total. The monoisotopic (exact) mass is 266 g/mol. The van der Waals surface area contributed by atoms with E-state index >= 15 is 0 Å². The molecule has 1 fully saturated rings.